The fourth-order valence-corrected chi connectivity index (χ4v) is 1.41. The first-order chi connectivity index (χ1) is 8.17. The van der Waals surface area contributed by atoms with Crippen LogP contribution in [0.2, 0.25) is 0 Å². The zero-order valence-electron chi connectivity index (χ0n) is 9.85. The van der Waals surface area contributed by atoms with Crippen molar-refractivity contribution in [2.75, 3.05) is 0 Å². The molecule has 0 saturated carbocycles. The molecule has 0 spiro atoms. The minimum absolute atomic E-state index is 0.156. The van der Waals surface area contributed by atoms with Gasteiger partial charge in [-0.25, -0.2) is 4.79 Å². The Morgan fingerprint density at radius 3 is 2.65 bits per heavy atom. The van der Waals surface area contributed by atoms with Crippen molar-refractivity contribution in [3.63, 3.8) is 0 Å². The van der Waals surface area contributed by atoms with E-state index in [1.807, 2.05) is 37.3 Å². The number of hydrogen-bond donors (Lipinski definition) is 0. The second-order valence-corrected chi connectivity index (χ2v) is 3.72. The summed E-state index contributed by atoms with van der Waals surface area (Å²) in [4.78, 5) is 11.4. The number of ether oxygens (including phenoxy) is 1. The zero-order chi connectivity index (χ0) is 12.7. The highest BCUT2D eigenvalue weighted by Crippen LogP contribution is 2.10. The van der Waals surface area contributed by atoms with Gasteiger partial charge < -0.3 is 4.74 Å². The fourth-order valence-electron chi connectivity index (χ4n) is 1.41. The summed E-state index contributed by atoms with van der Waals surface area (Å²) in [6, 6.07) is 11.5. The molecule has 1 rings (SSSR count). The van der Waals surface area contributed by atoms with Crippen molar-refractivity contribution >= 4 is 5.97 Å². The lowest BCUT2D eigenvalue weighted by atomic mass is 10.1. The summed E-state index contributed by atoms with van der Waals surface area (Å²) in [7, 11) is 0. The summed E-state index contributed by atoms with van der Waals surface area (Å²) in [5.74, 6) is -0.629. The molecule has 0 aliphatic heterocycles. The van der Waals surface area contributed by atoms with Crippen LogP contribution in [0.3, 0.4) is 0 Å². The molecule has 0 heterocycles. The summed E-state index contributed by atoms with van der Waals surface area (Å²) in [6.07, 6.45) is 1.15. The van der Waals surface area contributed by atoms with Crippen LogP contribution in [-0.4, -0.2) is 12.1 Å². The molecule has 0 radical (unpaired) electrons. The van der Waals surface area contributed by atoms with Gasteiger partial charge >= 0.3 is 5.97 Å². The van der Waals surface area contributed by atoms with Gasteiger partial charge in [0.25, 0.3) is 0 Å². The maximum Gasteiger partial charge on any atom is 0.348 e. The van der Waals surface area contributed by atoms with Gasteiger partial charge in [0, 0.05) is 6.42 Å². The molecule has 0 fully saturated rings. The Balaban J connectivity index is 2.59. The highest BCUT2D eigenvalue weighted by molar-refractivity contribution is 5.92. The van der Waals surface area contributed by atoms with E-state index in [1.54, 1.807) is 6.07 Å². The molecule has 1 aromatic carbocycles. The summed E-state index contributed by atoms with van der Waals surface area (Å²) < 4.78 is 5.20. The first kappa shape index (κ1) is 13.0. The number of carbonyl (C=O) groups excluding carboxylic acids is 1. The number of hydrogen-bond acceptors (Lipinski definition) is 3. The topological polar surface area (TPSA) is 50.1 Å². The van der Waals surface area contributed by atoms with Crippen LogP contribution in [0, 0.1) is 11.3 Å². The molecular formula is C14H15NO2. The lowest BCUT2D eigenvalue weighted by Crippen LogP contribution is -2.20. The van der Waals surface area contributed by atoms with E-state index in [9.17, 15) is 4.79 Å². The third kappa shape index (κ3) is 4.12. The second-order valence-electron chi connectivity index (χ2n) is 3.72. The van der Waals surface area contributed by atoms with Crippen molar-refractivity contribution in [2.45, 2.75) is 25.9 Å². The largest absolute Gasteiger partial charge is 0.458 e. The van der Waals surface area contributed by atoms with Crippen LogP contribution >= 0.6 is 0 Å². The highest BCUT2D eigenvalue weighted by Gasteiger charge is 2.15. The number of benzene rings is 1. The molecule has 3 heteroatoms. The first-order valence-electron chi connectivity index (χ1n) is 5.51. The monoisotopic (exact) mass is 229 g/mol. The van der Waals surface area contributed by atoms with Gasteiger partial charge in [-0.3, -0.25) is 0 Å². The minimum atomic E-state index is -0.629. The third-order valence-corrected chi connectivity index (χ3v) is 2.42. The number of esters is 1. The molecule has 88 valence electrons. The quantitative estimate of drug-likeness (QED) is 0.443. The van der Waals surface area contributed by atoms with Crippen molar-refractivity contribution in [3.05, 3.63) is 48.0 Å². The SMILES string of the molecule is C=C(C#N)C(=O)OC(CC)Cc1ccccc1. The van der Waals surface area contributed by atoms with Gasteiger partial charge in [-0.2, -0.15) is 5.26 Å². The Bertz CT molecular complexity index is 431. The third-order valence-electron chi connectivity index (χ3n) is 2.42. The molecule has 0 aliphatic carbocycles. The van der Waals surface area contributed by atoms with Crippen LogP contribution in [-0.2, 0) is 16.0 Å². The molecular weight excluding hydrogens is 214 g/mol. The Morgan fingerprint density at radius 2 is 2.12 bits per heavy atom. The average molecular weight is 229 g/mol. The molecule has 3 nitrogen and oxygen atoms in total. The van der Waals surface area contributed by atoms with Crippen molar-refractivity contribution in [1.29, 1.82) is 5.26 Å². The maximum absolute atomic E-state index is 11.4. The lowest BCUT2D eigenvalue weighted by Gasteiger charge is -2.15. The van der Waals surface area contributed by atoms with Crippen LogP contribution in [0.4, 0.5) is 0 Å². The lowest BCUT2D eigenvalue weighted by molar-refractivity contribution is -0.143. The van der Waals surface area contributed by atoms with E-state index < -0.39 is 5.97 Å². The van der Waals surface area contributed by atoms with Crippen LogP contribution in [0.5, 0.6) is 0 Å². The summed E-state index contributed by atoms with van der Waals surface area (Å²) in [5, 5.41) is 8.53. The molecule has 0 aromatic heterocycles. The Labute approximate surface area is 101 Å². The molecule has 1 aromatic rings. The van der Waals surface area contributed by atoms with E-state index in [2.05, 4.69) is 6.58 Å². The van der Waals surface area contributed by atoms with Gasteiger partial charge in [0.1, 0.15) is 17.7 Å². The van der Waals surface area contributed by atoms with Gasteiger partial charge in [-0.15, -0.1) is 0 Å². The van der Waals surface area contributed by atoms with E-state index >= 15 is 0 Å². The first-order valence-corrected chi connectivity index (χ1v) is 5.51. The van der Waals surface area contributed by atoms with E-state index in [4.69, 9.17) is 10.00 Å². The normalized spacial score (nSPS) is 11.3. The van der Waals surface area contributed by atoms with Gasteiger partial charge in [0.05, 0.1) is 0 Å². The van der Waals surface area contributed by atoms with E-state index in [0.29, 0.717) is 12.8 Å². The minimum Gasteiger partial charge on any atom is -0.458 e. The molecule has 17 heavy (non-hydrogen) atoms. The second kappa shape index (κ2) is 6.49. The fraction of sp³-hybridized carbons (Fsp3) is 0.286. The predicted octanol–water partition coefficient (Wildman–Crippen LogP) is 2.63. The van der Waals surface area contributed by atoms with E-state index in [1.165, 1.54) is 0 Å². The number of rotatable bonds is 5. The molecule has 0 aliphatic rings. The zero-order valence-corrected chi connectivity index (χ0v) is 9.85. The molecule has 0 saturated heterocycles. The van der Waals surface area contributed by atoms with Gasteiger partial charge in [-0.1, -0.05) is 43.8 Å². The van der Waals surface area contributed by atoms with Crippen LogP contribution in [0.1, 0.15) is 18.9 Å². The predicted molar refractivity (Wildman–Crippen MR) is 65.1 cm³/mol. The Kier molecular flexibility index (Phi) is 4.96. The molecule has 0 bridgehead atoms. The van der Waals surface area contributed by atoms with Crippen LogP contribution in [0.15, 0.2) is 42.5 Å². The number of nitriles is 1. The van der Waals surface area contributed by atoms with Gasteiger partial charge in [-0.05, 0) is 12.0 Å². The average Bonchev–Trinajstić information content (AvgIpc) is 2.38. The summed E-state index contributed by atoms with van der Waals surface area (Å²) >= 11 is 0. The number of carbonyl (C=O) groups is 1. The molecule has 1 unspecified atom stereocenters. The Hall–Kier alpha value is -2.08. The smallest absolute Gasteiger partial charge is 0.348 e. The van der Waals surface area contributed by atoms with Crippen molar-refractivity contribution in [2.24, 2.45) is 0 Å². The van der Waals surface area contributed by atoms with Crippen LogP contribution < -0.4 is 0 Å². The summed E-state index contributed by atoms with van der Waals surface area (Å²) in [6.45, 7) is 5.27. The van der Waals surface area contributed by atoms with E-state index in [0.717, 1.165) is 5.56 Å². The van der Waals surface area contributed by atoms with Crippen LogP contribution in [0.25, 0.3) is 0 Å². The maximum atomic E-state index is 11.4. The van der Waals surface area contributed by atoms with Crippen molar-refractivity contribution in [3.8, 4) is 6.07 Å². The highest BCUT2D eigenvalue weighted by atomic mass is 16.5. The summed E-state index contributed by atoms with van der Waals surface area (Å²) in [5.41, 5.74) is 0.950. The van der Waals surface area contributed by atoms with Gasteiger partial charge in [0.2, 0.25) is 0 Å². The molecule has 0 N–H and O–H groups in total. The molecule has 1 atom stereocenters. The van der Waals surface area contributed by atoms with Gasteiger partial charge in [0.15, 0.2) is 0 Å². The van der Waals surface area contributed by atoms with Crippen molar-refractivity contribution < 1.29 is 9.53 Å². The number of nitrogens with zero attached hydrogens (tertiary/aromatic N) is 1. The standard InChI is InChI=1S/C14H15NO2/c1-3-13(17-14(16)11(2)10-15)9-12-7-5-4-6-8-12/h4-8,13H,2-3,9H2,1H3. The van der Waals surface area contributed by atoms with Crippen molar-refractivity contribution in [1.82, 2.24) is 0 Å². The van der Waals surface area contributed by atoms with E-state index in [-0.39, 0.29) is 11.7 Å². The molecule has 0 amide bonds. The Morgan fingerprint density at radius 1 is 1.47 bits per heavy atom.